The van der Waals surface area contributed by atoms with Crippen molar-refractivity contribution in [1.82, 2.24) is 0 Å². The molecule has 0 aromatic carbocycles. The Bertz CT molecular complexity index is 478. The smallest absolute Gasteiger partial charge is 0.0626 e. The molecule has 0 heterocycles. The fraction of sp³-hybridized carbons (Fsp3) is 0.650. The maximum atomic E-state index is 8.75. The third kappa shape index (κ3) is 6.31. The molecule has 0 aromatic rings. The summed E-state index contributed by atoms with van der Waals surface area (Å²) in [7, 11) is 0. The number of aliphatic hydroxyl groups is 1. The average molecular weight is 303 g/mol. The average Bonchev–Trinajstić information content (AvgIpc) is 2.43. The molecule has 0 spiro atoms. The Morgan fingerprint density at radius 2 is 2.05 bits per heavy atom. The third-order valence-electron chi connectivity index (χ3n) is 4.51. The topological polar surface area (TPSA) is 32.6 Å². The van der Waals surface area contributed by atoms with Crippen molar-refractivity contribution in [2.75, 3.05) is 13.2 Å². The number of nitrogens with zero attached hydrogens (tertiary/aromatic N) is 1. The van der Waals surface area contributed by atoms with Crippen LogP contribution in [0.15, 0.2) is 39.9 Å². The van der Waals surface area contributed by atoms with Crippen LogP contribution in [0, 0.1) is 5.41 Å². The molecule has 0 aliphatic heterocycles. The van der Waals surface area contributed by atoms with Gasteiger partial charge in [0.05, 0.1) is 13.2 Å². The van der Waals surface area contributed by atoms with Crippen LogP contribution in [0.25, 0.3) is 0 Å². The molecular weight excluding hydrogens is 270 g/mol. The molecule has 1 aliphatic rings. The fourth-order valence-electron chi connectivity index (χ4n) is 3.12. The summed E-state index contributed by atoms with van der Waals surface area (Å²) in [6, 6.07) is 0. The molecular formula is C20H33NO. The molecule has 0 fully saturated rings. The Morgan fingerprint density at radius 1 is 1.32 bits per heavy atom. The van der Waals surface area contributed by atoms with Gasteiger partial charge in [0.2, 0.25) is 0 Å². The van der Waals surface area contributed by atoms with Gasteiger partial charge in [-0.3, -0.25) is 4.99 Å². The van der Waals surface area contributed by atoms with E-state index in [2.05, 4.69) is 50.9 Å². The van der Waals surface area contributed by atoms with E-state index >= 15 is 0 Å². The minimum atomic E-state index is 0.138. The summed E-state index contributed by atoms with van der Waals surface area (Å²) in [6.45, 7) is 11.9. The van der Waals surface area contributed by atoms with Crippen molar-refractivity contribution < 1.29 is 5.11 Å². The zero-order valence-electron chi connectivity index (χ0n) is 15.1. The summed E-state index contributed by atoms with van der Waals surface area (Å²) >= 11 is 0. The monoisotopic (exact) mass is 303 g/mol. The lowest BCUT2D eigenvalue weighted by Gasteiger charge is -2.32. The number of aliphatic imine (C=N–C) groups is 1. The lowest BCUT2D eigenvalue weighted by Crippen LogP contribution is -2.19. The van der Waals surface area contributed by atoms with Gasteiger partial charge in [-0.2, -0.15) is 0 Å². The molecule has 0 bridgehead atoms. The van der Waals surface area contributed by atoms with Gasteiger partial charge in [0.1, 0.15) is 0 Å². The van der Waals surface area contributed by atoms with Gasteiger partial charge < -0.3 is 5.11 Å². The van der Waals surface area contributed by atoms with E-state index in [1.54, 1.807) is 5.57 Å². The van der Waals surface area contributed by atoms with E-state index in [-0.39, 0.29) is 6.61 Å². The quantitative estimate of drug-likeness (QED) is 0.505. The Hall–Kier alpha value is -1.15. The molecule has 0 amide bonds. The van der Waals surface area contributed by atoms with Crippen LogP contribution < -0.4 is 0 Å². The predicted molar refractivity (Wildman–Crippen MR) is 97.5 cm³/mol. The summed E-state index contributed by atoms with van der Waals surface area (Å²) in [5.74, 6) is 0. The van der Waals surface area contributed by atoms with Gasteiger partial charge in [-0.15, -0.1) is 0 Å². The number of allylic oxidation sites excluding steroid dienone is 6. The first-order chi connectivity index (χ1) is 10.4. The highest BCUT2D eigenvalue weighted by Gasteiger charge is 2.26. The van der Waals surface area contributed by atoms with Crippen LogP contribution in [0.2, 0.25) is 0 Å². The van der Waals surface area contributed by atoms with Gasteiger partial charge in [-0.25, -0.2) is 0 Å². The molecule has 2 heteroatoms. The highest BCUT2D eigenvalue weighted by molar-refractivity contribution is 5.81. The Labute approximate surface area is 136 Å². The normalized spacial score (nSPS) is 20.1. The first kappa shape index (κ1) is 18.9. The Kier molecular flexibility index (Phi) is 7.81. The Morgan fingerprint density at radius 3 is 2.68 bits per heavy atom. The summed E-state index contributed by atoms with van der Waals surface area (Å²) in [6.07, 6.45) is 12.7. The molecule has 0 saturated heterocycles. The molecule has 124 valence electrons. The van der Waals surface area contributed by atoms with E-state index in [0.29, 0.717) is 12.0 Å². The van der Waals surface area contributed by atoms with Gasteiger partial charge in [-0.05, 0) is 63.9 Å². The highest BCUT2D eigenvalue weighted by atomic mass is 16.3. The number of rotatable bonds is 7. The first-order valence-corrected chi connectivity index (χ1v) is 8.52. The van der Waals surface area contributed by atoms with Crippen molar-refractivity contribution in [2.24, 2.45) is 10.4 Å². The van der Waals surface area contributed by atoms with Crippen molar-refractivity contribution in [1.29, 1.82) is 0 Å². The highest BCUT2D eigenvalue weighted by Crippen LogP contribution is 2.40. The van der Waals surface area contributed by atoms with Crippen LogP contribution in [0.5, 0.6) is 0 Å². The number of hydrogen-bond donors (Lipinski definition) is 1. The van der Waals surface area contributed by atoms with E-state index in [1.807, 2.05) is 6.92 Å². The van der Waals surface area contributed by atoms with E-state index < -0.39 is 0 Å². The molecule has 22 heavy (non-hydrogen) atoms. The van der Waals surface area contributed by atoms with Crippen molar-refractivity contribution in [3.8, 4) is 0 Å². The van der Waals surface area contributed by atoms with Crippen LogP contribution in [0.1, 0.15) is 66.7 Å². The molecule has 1 N–H and O–H groups in total. The van der Waals surface area contributed by atoms with Crippen molar-refractivity contribution in [2.45, 2.75) is 66.7 Å². The number of hydrogen-bond acceptors (Lipinski definition) is 2. The molecule has 0 aromatic heterocycles. The zero-order chi connectivity index (χ0) is 16.6. The minimum absolute atomic E-state index is 0.138. The molecule has 1 rings (SSSR count). The van der Waals surface area contributed by atoms with Crippen LogP contribution in [-0.4, -0.2) is 24.0 Å². The third-order valence-corrected chi connectivity index (χ3v) is 4.51. The van der Waals surface area contributed by atoms with Crippen molar-refractivity contribution in [3.63, 3.8) is 0 Å². The van der Waals surface area contributed by atoms with Gasteiger partial charge in [0, 0.05) is 5.71 Å². The second-order valence-corrected chi connectivity index (χ2v) is 7.09. The van der Waals surface area contributed by atoms with E-state index in [1.165, 1.54) is 30.4 Å². The molecule has 0 unspecified atom stereocenters. The predicted octanol–water partition coefficient (Wildman–Crippen LogP) is 5.25. The largest absolute Gasteiger partial charge is 0.394 e. The standard InChI is InChI=1S/C20H33NO/c1-16(8-6-10-18(3)21-14-15-22)11-12-19-17(2)9-7-13-20(19,4)5/h8,11-12,22H,6-7,9-10,13-15H2,1-5H3. The van der Waals surface area contributed by atoms with Gasteiger partial charge in [0.25, 0.3) is 0 Å². The molecule has 0 atom stereocenters. The van der Waals surface area contributed by atoms with Gasteiger partial charge in [0.15, 0.2) is 0 Å². The SMILES string of the molecule is CC(C=CC1=C(C)CCCC1(C)C)=CCCC(C)=NCCO. The van der Waals surface area contributed by atoms with Crippen LogP contribution in [0.4, 0.5) is 0 Å². The first-order valence-electron chi connectivity index (χ1n) is 8.52. The van der Waals surface area contributed by atoms with E-state index in [9.17, 15) is 0 Å². The van der Waals surface area contributed by atoms with Crippen LogP contribution in [-0.2, 0) is 0 Å². The summed E-state index contributed by atoms with van der Waals surface area (Å²) in [5, 5.41) is 8.75. The zero-order valence-corrected chi connectivity index (χ0v) is 15.1. The lowest BCUT2D eigenvalue weighted by molar-refractivity contribution is 0.307. The van der Waals surface area contributed by atoms with Crippen LogP contribution >= 0.6 is 0 Å². The minimum Gasteiger partial charge on any atom is -0.394 e. The second-order valence-electron chi connectivity index (χ2n) is 7.09. The van der Waals surface area contributed by atoms with Crippen molar-refractivity contribution in [3.05, 3.63) is 34.9 Å². The second kappa shape index (κ2) is 9.09. The summed E-state index contributed by atoms with van der Waals surface area (Å²) in [5.41, 5.74) is 5.82. The van der Waals surface area contributed by atoms with E-state index in [4.69, 9.17) is 5.11 Å². The van der Waals surface area contributed by atoms with Crippen LogP contribution in [0.3, 0.4) is 0 Å². The molecule has 2 nitrogen and oxygen atoms in total. The van der Waals surface area contributed by atoms with Gasteiger partial charge >= 0.3 is 0 Å². The maximum absolute atomic E-state index is 8.75. The maximum Gasteiger partial charge on any atom is 0.0626 e. The van der Waals surface area contributed by atoms with Gasteiger partial charge in [-0.1, -0.05) is 43.2 Å². The van der Waals surface area contributed by atoms with Crippen molar-refractivity contribution >= 4 is 5.71 Å². The number of aliphatic hydroxyl groups excluding tert-OH is 1. The lowest BCUT2D eigenvalue weighted by atomic mass is 9.72. The molecule has 1 aliphatic carbocycles. The fourth-order valence-corrected chi connectivity index (χ4v) is 3.12. The molecule has 0 saturated carbocycles. The Balaban J connectivity index is 2.60. The molecule has 0 radical (unpaired) electrons. The summed E-state index contributed by atoms with van der Waals surface area (Å²) in [4.78, 5) is 4.30. The summed E-state index contributed by atoms with van der Waals surface area (Å²) < 4.78 is 0. The van der Waals surface area contributed by atoms with E-state index in [0.717, 1.165) is 18.6 Å².